The second-order valence-electron chi connectivity index (χ2n) is 8.48. The Morgan fingerprint density at radius 1 is 0.912 bits per heavy atom. The molecule has 0 bridgehead atoms. The number of carboxylic acids is 1. The highest BCUT2D eigenvalue weighted by Gasteiger charge is 2.19. The number of aryl methyl sites for hydroxylation is 1. The minimum absolute atomic E-state index is 0.0698. The normalized spacial score (nSPS) is 13.3. The lowest BCUT2D eigenvalue weighted by molar-refractivity contribution is -0.136. The van der Waals surface area contributed by atoms with Crippen LogP contribution in [0.1, 0.15) is 23.1 Å². The minimum atomic E-state index is -0.829. The molecular formula is C27H26N4O3. The van der Waals surface area contributed by atoms with Crippen molar-refractivity contribution in [2.24, 2.45) is 0 Å². The number of benzene rings is 3. The summed E-state index contributed by atoms with van der Waals surface area (Å²) in [6, 6.07) is 23.2. The Morgan fingerprint density at radius 2 is 1.62 bits per heavy atom. The molecule has 0 fully saturated rings. The Balaban J connectivity index is 1.60. The summed E-state index contributed by atoms with van der Waals surface area (Å²) in [5.41, 5.74) is 5.49. The number of aromatic nitrogens is 3. The predicted octanol–water partition coefficient (Wildman–Crippen LogP) is 3.40. The summed E-state index contributed by atoms with van der Waals surface area (Å²) in [6.45, 7) is 1.88. The molecule has 2 heterocycles. The third-order valence-corrected chi connectivity index (χ3v) is 6.21. The number of hydrogen-bond donors (Lipinski definition) is 2. The molecule has 0 amide bonds. The van der Waals surface area contributed by atoms with Gasteiger partial charge in [0.15, 0.2) is 5.82 Å². The molecule has 1 aliphatic rings. The molecule has 0 unspecified atom stereocenters. The van der Waals surface area contributed by atoms with Gasteiger partial charge in [-0.05, 0) is 73.3 Å². The van der Waals surface area contributed by atoms with Crippen LogP contribution in [0.5, 0.6) is 0 Å². The van der Waals surface area contributed by atoms with Gasteiger partial charge in [0.05, 0.1) is 11.4 Å². The molecule has 0 spiro atoms. The second-order valence-corrected chi connectivity index (χ2v) is 8.48. The average molecular weight is 455 g/mol. The van der Waals surface area contributed by atoms with Crippen LogP contribution in [0.2, 0.25) is 0 Å². The molecule has 0 aliphatic carbocycles. The smallest absolute Gasteiger partial charge is 0.355 e. The van der Waals surface area contributed by atoms with Crippen molar-refractivity contribution < 1.29 is 9.90 Å². The molecule has 7 heteroatoms. The zero-order chi connectivity index (χ0) is 23.5. The topological polar surface area (TPSA) is 89.2 Å². The van der Waals surface area contributed by atoms with Crippen LogP contribution < -0.4 is 11.0 Å². The van der Waals surface area contributed by atoms with Crippen LogP contribution >= 0.6 is 0 Å². The maximum Gasteiger partial charge on any atom is 0.355 e. The molecule has 1 aliphatic heterocycles. The van der Waals surface area contributed by atoms with E-state index in [4.69, 9.17) is 10.2 Å². The molecule has 3 aromatic carbocycles. The fraction of sp³-hybridized carbons (Fsp3) is 0.222. The minimum Gasteiger partial charge on any atom is -0.481 e. The zero-order valence-electron chi connectivity index (χ0n) is 18.8. The summed E-state index contributed by atoms with van der Waals surface area (Å²) >= 11 is 0. The van der Waals surface area contributed by atoms with Crippen molar-refractivity contribution in [3.05, 3.63) is 100.0 Å². The van der Waals surface area contributed by atoms with Crippen molar-refractivity contribution in [2.45, 2.75) is 25.7 Å². The fourth-order valence-corrected chi connectivity index (χ4v) is 4.40. The van der Waals surface area contributed by atoms with E-state index in [1.54, 1.807) is 4.57 Å². The van der Waals surface area contributed by atoms with E-state index in [0.29, 0.717) is 17.9 Å². The highest BCUT2D eigenvalue weighted by Crippen LogP contribution is 2.22. The predicted molar refractivity (Wildman–Crippen MR) is 131 cm³/mol. The first-order valence-corrected chi connectivity index (χ1v) is 11.5. The summed E-state index contributed by atoms with van der Waals surface area (Å²) in [7, 11) is 0. The third-order valence-electron chi connectivity index (χ3n) is 6.21. The Morgan fingerprint density at radius 3 is 2.35 bits per heavy atom. The van der Waals surface area contributed by atoms with Crippen LogP contribution in [0, 0.1) is 0 Å². The third kappa shape index (κ3) is 4.43. The van der Waals surface area contributed by atoms with Crippen molar-refractivity contribution >= 4 is 5.97 Å². The number of carbonyl (C=O) groups is 1. The van der Waals surface area contributed by atoms with E-state index in [1.165, 1.54) is 15.8 Å². The van der Waals surface area contributed by atoms with Gasteiger partial charge in [-0.3, -0.25) is 4.79 Å². The van der Waals surface area contributed by atoms with Crippen molar-refractivity contribution in [1.82, 2.24) is 19.7 Å². The number of rotatable bonds is 6. The maximum absolute atomic E-state index is 13.7. The highest BCUT2D eigenvalue weighted by atomic mass is 16.4. The summed E-state index contributed by atoms with van der Waals surface area (Å²) in [6.07, 6.45) is 2.41. The Hall–Kier alpha value is -3.97. The van der Waals surface area contributed by atoms with Crippen LogP contribution in [-0.2, 0) is 24.1 Å². The van der Waals surface area contributed by atoms with E-state index in [2.05, 4.69) is 17.4 Å². The molecule has 1 aromatic heterocycles. The van der Waals surface area contributed by atoms with E-state index in [1.807, 2.05) is 60.7 Å². The van der Waals surface area contributed by atoms with Gasteiger partial charge in [-0.1, -0.05) is 48.5 Å². The standard InChI is InChI=1S/C27H26N4O3/c32-25(33)13-8-19-6-10-23(11-7-19)30-26(21-4-2-1-3-5-21)29-31(27(30)34)24-12-9-20-14-16-28-17-15-22(20)18-24/h1-7,9-12,18,28H,8,13-17H2,(H,32,33). The van der Waals surface area contributed by atoms with Crippen molar-refractivity contribution in [1.29, 1.82) is 0 Å². The van der Waals surface area contributed by atoms with Gasteiger partial charge >= 0.3 is 11.7 Å². The van der Waals surface area contributed by atoms with Gasteiger partial charge in [-0.15, -0.1) is 5.10 Å². The lowest BCUT2D eigenvalue weighted by atomic mass is 10.0. The molecule has 0 saturated carbocycles. The molecule has 7 nitrogen and oxygen atoms in total. The van der Waals surface area contributed by atoms with Gasteiger partial charge in [0.25, 0.3) is 0 Å². The van der Waals surface area contributed by atoms with Crippen LogP contribution in [0.4, 0.5) is 0 Å². The molecule has 0 atom stereocenters. The second kappa shape index (κ2) is 9.49. The number of hydrogen-bond acceptors (Lipinski definition) is 4. The molecule has 34 heavy (non-hydrogen) atoms. The van der Waals surface area contributed by atoms with Gasteiger partial charge in [-0.25, -0.2) is 9.36 Å². The Bertz CT molecular complexity index is 1370. The molecule has 2 N–H and O–H groups in total. The number of fused-ring (bicyclic) bond motifs is 1. The quantitative estimate of drug-likeness (QED) is 0.466. The van der Waals surface area contributed by atoms with E-state index < -0.39 is 5.97 Å². The van der Waals surface area contributed by atoms with Gasteiger partial charge in [0, 0.05) is 12.0 Å². The Kier molecular flexibility index (Phi) is 6.10. The first-order chi connectivity index (χ1) is 16.6. The van der Waals surface area contributed by atoms with E-state index in [-0.39, 0.29) is 12.1 Å². The number of nitrogens with one attached hydrogen (secondary N) is 1. The molecule has 0 saturated heterocycles. The van der Waals surface area contributed by atoms with Crippen LogP contribution in [-0.4, -0.2) is 38.5 Å². The van der Waals surface area contributed by atoms with Crippen LogP contribution in [0.25, 0.3) is 22.8 Å². The van der Waals surface area contributed by atoms with Gasteiger partial charge in [0.2, 0.25) is 0 Å². The first kappa shape index (κ1) is 21.9. The SMILES string of the molecule is O=C(O)CCc1ccc(-n2c(-c3ccccc3)nn(-c3ccc4c(c3)CCNCC4)c2=O)cc1. The molecule has 0 radical (unpaired) electrons. The van der Waals surface area contributed by atoms with E-state index >= 15 is 0 Å². The zero-order valence-corrected chi connectivity index (χ0v) is 18.8. The fourth-order valence-electron chi connectivity index (χ4n) is 4.40. The van der Waals surface area contributed by atoms with Crippen molar-refractivity contribution in [3.63, 3.8) is 0 Å². The number of aliphatic carboxylic acids is 1. The van der Waals surface area contributed by atoms with Crippen molar-refractivity contribution in [2.75, 3.05) is 13.1 Å². The van der Waals surface area contributed by atoms with E-state index in [9.17, 15) is 9.59 Å². The summed E-state index contributed by atoms with van der Waals surface area (Å²) < 4.78 is 3.09. The highest BCUT2D eigenvalue weighted by molar-refractivity contribution is 5.67. The summed E-state index contributed by atoms with van der Waals surface area (Å²) in [5.74, 6) is -0.273. The van der Waals surface area contributed by atoms with Crippen LogP contribution in [0.15, 0.2) is 77.6 Å². The van der Waals surface area contributed by atoms with E-state index in [0.717, 1.165) is 42.7 Å². The van der Waals surface area contributed by atoms with Crippen LogP contribution in [0.3, 0.4) is 0 Å². The monoisotopic (exact) mass is 454 g/mol. The lowest BCUT2D eigenvalue weighted by Crippen LogP contribution is -2.23. The number of carboxylic acid groups (broad SMARTS) is 1. The lowest BCUT2D eigenvalue weighted by Gasteiger charge is -2.08. The van der Waals surface area contributed by atoms with Gasteiger partial charge in [0.1, 0.15) is 0 Å². The molecular weight excluding hydrogens is 428 g/mol. The average Bonchev–Trinajstić information content (AvgIpc) is 3.03. The molecule has 4 aromatic rings. The molecule has 5 rings (SSSR count). The molecule has 172 valence electrons. The van der Waals surface area contributed by atoms with Gasteiger partial charge in [-0.2, -0.15) is 4.68 Å². The Labute approximate surface area is 197 Å². The van der Waals surface area contributed by atoms with Crippen molar-refractivity contribution in [3.8, 4) is 22.8 Å². The maximum atomic E-state index is 13.7. The number of nitrogens with zero attached hydrogens (tertiary/aromatic N) is 3. The summed E-state index contributed by atoms with van der Waals surface area (Å²) in [4.78, 5) is 24.6. The largest absolute Gasteiger partial charge is 0.481 e. The van der Waals surface area contributed by atoms with Gasteiger partial charge < -0.3 is 10.4 Å². The first-order valence-electron chi connectivity index (χ1n) is 11.5. The summed E-state index contributed by atoms with van der Waals surface area (Å²) in [5, 5.41) is 17.1.